The van der Waals surface area contributed by atoms with Gasteiger partial charge in [0.1, 0.15) is 5.01 Å². The molecule has 1 rings (SSSR count). The molecule has 0 aromatic carbocycles. The molecular formula is C10H20N4OS. The Morgan fingerprint density at radius 2 is 2.25 bits per heavy atom. The smallest absolute Gasteiger partial charge is 0.205 e. The molecule has 0 aliphatic carbocycles. The molecule has 1 unspecified atom stereocenters. The van der Waals surface area contributed by atoms with Crippen LogP contribution >= 0.6 is 11.3 Å². The van der Waals surface area contributed by atoms with Crippen LogP contribution in [-0.2, 0) is 6.54 Å². The number of aliphatic hydroxyl groups is 1. The first-order valence-electron chi connectivity index (χ1n) is 5.54. The average molecular weight is 244 g/mol. The highest BCUT2D eigenvalue weighted by Gasteiger charge is 2.08. The molecule has 1 heterocycles. The molecule has 2 N–H and O–H groups in total. The summed E-state index contributed by atoms with van der Waals surface area (Å²) >= 11 is 1.57. The molecule has 1 atom stereocenters. The van der Waals surface area contributed by atoms with Crippen LogP contribution in [0.25, 0.3) is 0 Å². The van der Waals surface area contributed by atoms with Crippen molar-refractivity contribution in [2.45, 2.75) is 32.9 Å². The zero-order chi connectivity index (χ0) is 12.0. The highest BCUT2D eigenvalue weighted by atomic mass is 32.1. The van der Waals surface area contributed by atoms with E-state index in [0.29, 0.717) is 6.54 Å². The Morgan fingerprint density at radius 1 is 1.50 bits per heavy atom. The van der Waals surface area contributed by atoms with Crippen LogP contribution in [-0.4, -0.2) is 46.4 Å². The van der Waals surface area contributed by atoms with Crippen molar-refractivity contribution in [1.82, 2.24) is 15.1 Å². The molecule has 1 aromatic heterocycles. The zero-order valence-electron chi connectivity index (χ0n) is 10.1. The third kappa shape index (κ3) is 4.87. The van der Waals surface area contributed by atoms with Crippen LogP contribution < -0.4 is 5.32 Å². The number of aliphatic hydroxyl groups excluding tert-OH is 1. The van der Waals surface area contributed by atoms with Crippen molar-refractivity contribution in [2.75, 3.05) is 25.5 Å². The van der Waals surface area contributed by atoms with Gasteiger partial charge in [-0.2, -0.15) is 0 Å². The van der Waals surface area contributed by atoms with Gasteiger partial charge in [0.05, 0.1) is 12.6 Å². The summed E-state index contributed by atoms with van der Waals surface area (Å²) in [5.41, 5.74) is 0. The number of anilines is 1. The van der Waals surface area contributed by atoms with Gasteiger partial charge in [0.15, 0.2) is 0 Å². The molecule has 0 aliphatic rings. The topological polar surface area (TPSA) is 61.3 Å². The molecule has 0 bridgehead atoms. The van der Waals surface area contributed by atoms with Crippen LogP contribution in [0.5, 0.6) is 0 Å². The second-order valence-corrected chi connectivity index (χ2v) is 5.04. The summed E-state index contributed by atoms with van der Waals surface area (Å²) in [4.78, 5) is 2.04. The van der Waals surface area contributed by atoms with E-state index in [4.69, 9.17) is 0 Å². The molecule has 0 amide bonds. The Morgan fingerprint density at radius 3 is 2.88 bits per heavy atom. The Kier molecular flexibility index (Phi) is 5.65. The fraction of sp³-hybridized carbons (Fsp3) is 0.800. The van der Waals surface area contributed by atoms with Gasteiger partial charge in [-0.25, -0.2) is 0 Å². The number of likely N-dealkylation sites (N-methyl/N-ethyl adjacent to an activating group) is 1. The summed E-state index contributed by atoms with van der Waals surface area (Å²) < 4.78 is 0. The zero-order valence-corrected chi connectivity index (χ0v) is 10.9. The first kappa shape index (κ1) is 13.3. The molecule has 5 nitrogen and oxygen atoms in total. The van der Waals surface area contributed by atoms with E-state index in [1.54, 1.807) is 18.3 Å². The van der Waals surface area contributed by atoms with E-state index < -0.39 is 0 Å². The minimum Gasteiger partial charge on any atom is -0.392 e. The minimum atomic E-state index is -0.310. The SMILES string of the molecule is CCCNc1nnc(CN(C)CC(C)O)s1. The van der Waals surface area contributed by atoms with Crippen LogP contribution in [0.15, 0.2) is 0 Å². The predicted octanol–water partition coefficient (Wildman–Crippen LogP) is 1.17. The van der Waals surface area contributed by atoms with Crippen LogP contribution in [0.3, 0.4) is 0 Å². The van der Waals surface area contributed by atoms with Crippen molar-refractivity contribution < 1.29 is 5.11 Å². The second kappa shape index (κ2) is 6.78. The van der Waals surface area contributed by atoms with Gasteiger partial charge in [0.2, 0.25) is 5.13 Å². The minimum absolute atomic E-state index is 0.310. The molecule has 92 valence electrons. The van der Waals surface area contributed by atoms with E-state index in [0.717, 1.165) is 29.6 Å². The van der Waals surface area contributed by atoms with Crippen LogP contribution in [0.4, 0.5) is 5.13 Å². The number of hydrogen-bond donors (Lipinski definition) is 2. The van der Waals surface area contributed by atoms with E-state index in [2.05, 4.69) is 22.4 Å². The largest absolute Gasteiger partial charge is 0.392 e. The van der Waals surface area contributed by atoms with Crippen LogP contribution in [0.1, 0.15) is 25.3 Å². The predicted molar refractivity (Wildman–Crippen MR) is 66.7 cm³/mol. The van der Waals surface area contributed by atoms with E-state index in [-0.39, 0.29) is 6.10 Å². The highest BCUT2D eigenvalue weighted by molar-refractivity contribution is 7.15. The van der Waals surface area contributed by atoms with Gasteiger partial charge in [-0.3, -0.25) is 4.90 Å². The summed E-state index contributed by atoms with van der Waals surface area (Å²) in [6.45, 7) is 6.21. The van der Waals surface area contributed by atoms with Crippen molar-refractivity contribution in [3.05, 3.63) is 5.01 Å². The fourth-order valence-corrected chi connectivity index (χ4v) is 2.21. The van der Waals surface area contributed by atoms with Crippen LogP contribution in [0.2, 0.25) is 0 Å². The van der Waals surface area contributed by atoms with Crippen molar-refractivity contribution in [3.63, 3.8) is 0 Å². The lowest BCUT2D eigenvalue weighted by Gasteiger charge is -2.15. The third-order valence-electron chi connectivity index (χ3n) is 1.97. The fourth-order valence-electron chi connectivity index (χ4n) is 1.37. The summed E-state index contributed by atoms with van der Waals surface area (Å²) in [5.74, 6) is 0. The number of aromatic nitrogens is 2. The molecule has 0 radical (unpaired) electrons. The second-order valence-electron chi connectivity index (χ2n) is 3.97. The normalized spacial score (nSPS) is 13.1. The summed E-state index contributed by atoms with van der Waals surface area (Å²) in [7, 11) is 1.97. The lowest BCUT2D eigenvalue weighted by atomic mass is 10.4. The number of hydrogen-bond acceptors (Lipinski definition) is 6. The first-order chi connectivity index (χ1) is 7.61. The van der Waals surface area contributed by atoms with Crippen molar-refractivity contribution in [3.8, 4) is 0 Å². The molecule has 0 aliphatic heterocycles. The maximum atomic E-state index is 9.24. The van der Waals surface area contributed by atoms with E-state index >= 15 is 0 Å². The highest BCUT2D eigenvalue weighted by Crippen LogP contribution is 2.16. The van der Waals surface area contributed by atoms with Crippen LogP contribution in [0, 0.1) is 0 Å². The maximum absolute atomic E-state index is 9.24. The number of nitrogens with one attached hydrogen (secondary N) is 1. The van der Waals surface area contributed by atoms with E-state index in [1.807, 2.05) is 11.9 Å². The molecule has 0 fully saturated rings. The number of nitrogens with zero attached hydrogens (tertiary/aromatic N) is 3. The van der Waals surface area contributed by atoms with Gasteiger partial charge in [-0.15, -0.1) is 10.2 Å². The standard InChI is InChI=1S/C10H20N4OS/c1-4-5-11-10-13-12-9(16-10)7-14(3)6-8(2)15/h8,15H,4-7H2,1-3H3,(H,11,13). The third-order valence-corrected chi connectivity index (χ3v) is 2.84. The lowest BCUT2D eigenvalue weighted by Crippen LogP contribution is -2.26. The van der Waals surface area contributed by atoms with Crippen molar-refractivity contribution in [2.24, 2.45) is 0 Å². The Balaban J connectivity index is 2.39. The number of rotatable bonds is 7. The Hall–Kier alpha value is -0.720. The first-order valence-corrected chi connectivity index (χ1v) is 6.36. The molecular weight excluding hydrogens is 224 g/mol. The van der Waals surface area contributed by atoms with Crippen molar-refractivity contribution in [1.29, 1.82) is 0 Å². The van der Waals surface area contributed by atoms with Gasteiger partial charge in [-0.1, -0.05) is 18.3 Å². The molecule has 0 saturated carbocycles. The molecule has 1 aromatic rings. The monoisotopic (exact) mass is 244 g/mol. The van der Waals surface area contributed by atoms with Gasteiger partial charge in [-0.05, 0) is 20.4 Å². The summed E-state index contributed by atoms with van der Waals surface area (Å²) in [6.07, 6.45) is 0.771. The molecule has 6 heteroatoms. The Labute approximate surface area is 101 Å². The lowest BCUT2D eigenvalue weighted by molar-refractivity contribution is 0.138. The van der Waals surface area contributed by atoms with E-state index in [1.165, 1.54) is 0 Å². The quantitative estimate of drug-likeness (QED) is 0.754. The van der Waals surface area contributed by atoms with Gasteiger partial charge < -0.3 is 10.4 Å². The average Bonchev–Trinajstić information content (AvgIpc) is 2.61. The van der Waals surface area contributed by atoms with E-state index in [9.17, 15) is 5.11 Å². The van der Waals surface area contributed by atoms with Gasteiger partial charge >= 0.3 is 0 Å². The maximum Gasteiger partial charge on any atom is 0.205 e. The van der Waals surface area contributed by atoms with Gasteiger partial charge in [0, 0.05) is 13.1 Å². The van der Waals surface area contributed by atoms with Gasteiger partial charge in [0.25, 0.3) is 0 Å². The summed E-state index contributed by atoms with van der Waals surface area (Å²) in [6, 6.07) is 0. The summed E-state index contributed by atoms with van der Waals surface area (Å²) in [5, 5.41) is 22.4. The van der Waals surface area contributed by atoms with Crippen molar-refractivity contribution >= 4 is 16.5 Å². The molecule has 0 saturated heterocycles. The molecule has 16 heavy (non-hydrogen) atoms. The Bertz CT molecular complexity index is 303. The molecule has 0 spiro atoms.